The summed E-state index contributed by atoms with van der Waals surface area (Å²) in [5.41, 5.74) is -0.433. The lowest BCUT2D eigenvalue weighted by Gasteiger charge is -2.42. The fraction of sp³-hybridized carbons (Fsp3) is 0.933. The minimum absolute atomic E-state index is 0.243. The molecule has 0 bridgehead atoms. The topological polar surface area (TPSA) is 35.6 Å². The summed E-state index contributed by atoms with van der Waals surface area (Å²) in [5, 5.41) is 3.11. The summed E-state index contributed by atoms with van der Waals surface area (Å²) in [6.07, 6.45) is 6.39. The normalized spacial score (nSPS) is 23.6. The Morgan fingerprint density at radius 3 is 2.16 bits per heavy atom. The number of carbonyl (C=O) groups is 1. The van der Waals surface area contributed by atoms with Crippen LogP contribution in [-0.2, 0) is 4.79 Å². The van der Waals surface area contributed by atoms with Crippen molar-refractivity contribution < 1.29 is 4.79 Å². The van der Waals surface area contributed by atoms with Crippen LogP contribution in [0, 0.1) is 0 Å². The van der Waals surface area contributed by atoms with E-state index in [4.69, 9.17) is 0 Å². The fourth-order valence-corrected chi connectivity index (χ4v) is 3.22. The van der Waals surface area contributed by atoms with E-state index in [0.29, 0.717) is 6.04 Å². The Kier molecular flexibility index (Phi) is 4.85. The molecule has 0 aromatic rings. The lowest BCUT2D eigenvalue weighted by molar-refractivity contribution is -0.138. The van der Waals surface area contributed by atoms with Crippen LogP contribution in [0.1, 0.15) is 46.0 Å². The quantitative estimate of drug-likeness (QED) is 0.841. The third kappa shape index (κ3) is 3.48. The minimum Gasteiger partial charge on any atom is -0.341 e. The predicted molar refractivity (Wildman–Crippen MR) is 78.2 cm³/mol. The van der Waals surface area contributed by atoms with Crippen molar-refractivity contribution in [3.63, 3.8) is 0 Å². The van der Waals surface area contributed by atoms with Crippen molar-refractivity contribution in [3.05, 3.63) is 0 Å². The van der Waals surface area contributed by atoms with Crippen molar-refractivity contribution in [2.75, 3.05) is 33.2 Å². The van der Waals surface area contributed by atoms with Crippen molar-refractivity contribution in [1.29, 1.82) is 0 Å². The second-order valence-corrected chi connectivity index (χ2v) is 6.50. The zero-order valence-corrected chi connectivity index (χ0v) is 12.7. The SMILES string of the molecule is CNC(C)(C)C(=O)N1CCC(N2CCCCC2)CC1. The first-order valence-electron chi connectivity index (χ1n) is 7.77. The van der Waals surface area contributed by atoms with E-state index in [-0.39, 0.29) is 5.91 Å². The van der Waals surface area contributed by atoms with E-state index in [1.54, 1.807) is 0 Å². The summed E-state index contributed by atoms with van der Waals surface area (Å²) >= 11 is 0. The number of piperidine rings is 2. The molecule has 2 rings (SSSR count). The van der Waals surface area contributed by atoms with Gasteiger partial charge in [-0.15, -0.1) is 0 Å². The van der Waals surface area contributed by atoms with Gasteiger partial charge in [-0.1, -0.05) is 6.42 Å². The average molecular weight is 267 g/mol. The molecule has 0 aliphatic carbocycles. The first-order chi connectivity index (χ1) is 9.04. The number of nitrogens with zero attached hydrogens (tertiary/aromatic N) is 2. The van der Waals surface area contributed by atoms with Gasteiger partial charge in [-0.25, -0.2) is 0 Å². The maximum absolute atomic E-state index is 12.4. The highest BCUT2D eigenvalue weighted by molar-refractivity contribution is 5.85. The Labute approximate surface area is 117 Å². The number of nitrogens with one attached hydrogen (secondary N) is 1. The summed E-state index contributed by atoms with van der Waals surface area (Å²) in [7, 11) is 1.86. The molecule has 2 aliphatic heterocycles. The van der Waals surface area contributed by atoms with Gasteiger partial charge in [0.05, 0.1) is 5.54 Å². The monoisotopic (exact) mass is 267 g/mol. The Morgan fingerprint density at radius 1 is 1.05 bits per heavy atom. The van der Waals surface area contributed by atoms with Gasteiger partial charge < -0.3 is 15.1 Å². The summed E-state index contributed by atoms with van der Waals surface area (Å²) in [5.74, 6) is 0.243. The second-order valence-electron chi connectivity index (χ2n) is 6.50. The number of likely N-dealkylation sites (tertiary alicyclic amines) is 2. The zero-order chi connectivity index (χ0) is 13.9. The Hall–Kier alpha value is -0.610. The molecule has 0 radical (unpaired) electrons. The van der Waals surface area contributed by atoms with Gasteiger partial charge in [0.25, 0.3) is 0 Å². The average Bonchev–Trinajstić information content (AvgIpc) is 2.47. The Morgan fingerprint density at radius 2 is 1.63 bits per heavy atom. The van der Waals surface area contributed by atoms with E-state index in [1.165, 1.54) is 32.4 Å². The van der Waals surface area contributed by atoms with Gasteiger partial charge in [0.1, 0.15) is 0 Å². The van der Waals surface area contributed by atoms with E-state index in [2.05, 4.69) is 10.2 Å². The number of likely N-dealkylation sites (N-methyl/N-ethyl adjacent to an activating group) is 1. The third-order valence-corrected chi connectivity index (χ3v) is 4.82. The molecule has 0 aromatic heterocycles. The molecule has 4 heteroatoms. The molecule has 0 saturated carbocycles. The summed E-state index contributed by atoms with van der Waals surface area (Å²) in [6.45, 7) is 8.30. The van der Waals surface area contributed by atoms with Gasteiger partial charge in [-0.05, 0) is 59.7 Å². The smallest absolute Gasteiger partial charge is 0.242 e. The molecule has 110 valence electrons. The van der Waals surface area contributed by atoms with E-state index in [9.17, 15) is 4.79 Å². The van der Waals surface area contributed by atoms with E-state index >= 15 is 0 Å². The Bertz CT molecular complexity index is 303. The highest BCUT2D eigenvalue weighted by Gasteiger charge is 2.34. The summed E-state index contributed by atoms with van der Waals surface area (Å²) in [6, 6.07) is 0.710. The summed E-state index contributed by atoms with van der Waals surface area (Å²) < 4.78 is 0. The molecule has 1 amide bonds. The van der Waals surface area contributed by atoms with Crippen LogP contribution in [0.2, 0.25) is 0 Å². The van der Waals surface area contributed by atoms with Crippen molar-refractivity contribution in [2.45, 2.75) is 57.5 Å². The molecule has 0 aromatic carbocycles. The number of hydrogen-bond donors (Lipinski definition) is 1. The van der Waals surface area contributed by atoms with Crippen molar-refractivity contribution >= 4 is 5.91 Å². The number of amides is 1. The molecule has 19 heavy (non-hydrogen) atoms. The lowest BCUT2D eigenvalue weighted by atomic mass is 9.97. The molecule has 2 aliphatic rings. The van der Waals surface area contributed by atoms with Gasteiger partial charge in [0.2, 0.25) is 5.91 Å². The maximum Gasteiger partial charge on any atom is 0.242 e. The first-order valence-corrected chi connectivity index (χ1v) is 7.77. The van der Waals surface area contributed by atoms with Crippen LogP contribution in [-0.4, -0.2) is 60.5 Å². The van der Waals surface area contributed by atoms with Gasteiger partial charge in [-0.2, -0.15) is 0 Å². The Balaban J connectivity index is 1.83. The number of carbonyl (C=O) groups excluding carboxylic acids is 1. The van der Waals surface area contributed by atoms with Crippen LogP contribution in [0.4, 0.5) is 0 Å². The van der Waals surface area contributed by atoms with E-state index in [0.717, 1.165) is 25.9 Å². The van der Waals surface area contributed by atoms with Gasteiger partial charge in [0, 0.05) is 19.1 Å². The number of rotatable bonds is 3. The van der Waals surface area contributed by atoms with Gasteiger partial charge in [0.15, 0.2) is 0 Å². The van der Waals surface area contributed by atoms with Crippen LogP contribution in [0.15, 0.2) is 0 Å². The zero-order valence-electron chi connectivity index (χ0n) is 12.7. The molecule has 1 N–H and O–H groups in total. The van der Waals surface area contributed by atoms with E-state index in [1.807, 2.05) is 25.8 Å². The highest BCUT2D eigenvalue weighted by Crippen LogP contribution is 2.22. The van der Waals surface area contributed by atoms with Crippen LogP contribution in [0.3, 0.4) is 0 Å². The predicted octanol–water partition coefficient (Wildman–Crippen LogP) is 1.46. The molecule has 2 heterocycles. The molecule has 0 atom stereocenters. The van der Waals surface area contributed by atoms with Crippen LogP contribution >= 0.6 is 0 Å². The third-order valence-electron chi connectivity index (χ3n) is 4.82. The molecular weight excluding hydrogens is 238 g/mol. The first kappa shape index (κ1) is 14.8. The molecule has 2 fully saturated rings. The fourth-order valence-electron chi connectivity index (χ4n) is 3.22. The molecule has 4 nitrogen and oxygen atoms in total. The largest absolute Gasteiger partial charge is 0.341 e. The van der Waals surface area contributed by atoms with Crippen molar-refractivity contribution in [3.8, 4) is 0 Å². The lowest BCUT2D eigenvalue weighted by Crippen LogP contribution is -2.56. The summed E-state index contributed by atoms with van der Waals surface area (Å²) in [4.78, 5) is 17.1. The standard InChI is InChI=1S/C15H29N3O/c1-15(2,16-3)14(19)18-11-7-13(8-12-18)17-9-5-4-6-10-17/h13,16H,4-12H2,1-3H3. The molecule has 2 saturated heterocycles. The van der Waals surface area contributed by atoms with Crippen molar-refractivity contribution in [2.24, 2.45) is 0 Å². The number of hydrogen-bond acceptors (Lipinski definition) is 3. The van der Waals surface area contributed by atoms with Crippen LogP contribution in [0.25, 0.3) is 0 Å². The molecule has 0 spiro atoms. The van der Waals surface area contributed by atoms with Gasteiger partial charge >= 0.3 is 0 Å². The maximum atomic E-state index is 12.4. The second kappa shape index (κ2) is 6.23. The van der Waals surface area contributed by atoms with E-state index < -0.39 is 5.54 Å². The van der Waals surface area contributed by atoms with Crippen molar-refractivity contribution in [1.82, 2.24) is 15.1 Å². The molecular formula is C15H29N3O. The molecule has 0 unspecified atom stereocenters. The van der Waals surface area contributed by atoms with Crippen LogP contribution < -0.4 is 5.32 Å². The minimum atomic E-state index is -0.433. The highest BCUT2D eigenvalue weighted by atomic mass is 16.2. The van der Waals surface area contributed by atoms with Gasteiger partial charge in [-0.3, -0.25) is 4.79 Å². The van der Waals surface area contributed by atoms with Crippen LogP contribution in [0.5, 0.6) is 0 Å².